The van der Waals surface area contributed by atoms with Gasteiger partial charge < -0.3 is 15.8 Å². The second kappa shape index (κ2) is 4.18. The van der Waals surface area contributed by atoms with Crippen LogP contribution in [0.4, 0.5) is 0 Å². The number of imidazole rings is 1. The molecule has 2 rings (SSSR count). The average molecular weight is 233 g/mol. The Labute approximate surface area is 98.7 Å². The van der Waals surface area contributed by atoms with Crippen molar-refractivity contribution in [2.45, 2.75) is 26.3 Å². The molecule has 17 heavy (non-hydrogen) atoms. The highest BCUT2D eigenvalue weighted by atomic mass is 16.4. The van der Waals surface area contributed by atoms with Gasteiger partial charge in [0.25, 0.3) is 0 Å². The Morgan fingerprint density at radius 1 is 1.47 bits per heavy atom. The van der Waals surface area contributed by atoms with E-state index in [0.717, 1.165) is 16.6 Å². The van der Waals surface area contributed by atoms with Crippen LogP contribution >= 0.6 is 0 Å². The Kier molecular flexibility index (Phi) is 2.85. The lowest BCUT2D eigenvalue weighted by Gasteiger charge is -2.01. The summed E-state index contributed by atoms with van der Waals surface area (Å²) in [6, 6.07) is 3.07. The number of fused-ring (bicyclic) bond motifs is 1. The fourth-order valence-corrected chi connectivity index (χ4v) is 1.71. The van der Waals surface area contributed by atoms with Gasteiger partial charge in [0, 0.05) is 6.42 Å². The molecular weight excluding hydrogens is 218 g/mol. The van der Waals surface area contributed by atoms with Crippen molar-refractivity contribution in [3.63, 3.8) is 0 Å². The maximum Gasteiger partial charge on any atom is 0.320 e. The summed E-state index contributed by atoms with van der Waals surface area (Å²) in [5.74, 6) is -0.405. The van der Waals surface area contributed by atoms with E-state index < -0.39 is 12.0 Å². The van der Waals surface area contributed by atoms with Gasteiger partial charge in [-0.25, -0.2) is 4.98 Å². The van der Waals surface area contributed by atoms with E-state index in [1.807, 2.05) is 26.0 Å². The van der Waals surface area contributed by atoms with Crippen molar-refractivity contribution in [3.8, 4) is 0 Å². The molecule has 1 heterocycles. The SMILES string of the molecule is Cc1cc2nc(C[C@H](N)C(=O)O)[nH]c2cc1C. The second-order valence-corrected chi connectivity index (χ2v) is 4.29. The molecule has 0 aliphatic carbocycles. The van der Waals surface area contributed by atoms with Crippen LogP contribution in [0.3, 0.4) is 0 Å². The molecule has 0 amide bonds. The van der Waals surface area contributed by atoms with Crippen LogP contribution in [-0.2, 0) is 11.2 Å². The average Bonchev–Trinajstić information content (AvgIpc) is 2.60. The minimum atomic E-state index is -1.02. The molecule has 1 aromatic carbocycles. The topological polar surface area (TPSA) is 92.0 Å². The van der Waals surface area contributed by atoms with Gasteiger partial charge in [0.15, 0.2) is 0 Å². The van der Waals surface area contributed by atoms with Crippen molar-refractivity contribution in [1.29, 1.82) is 0 Å². The van der Waals surface area contributed by atoms with Crippen LogP contribution in [0.15, 0.2) is 12.1 Å². The Balaban J connectivity index is 2.35. The van der Waals surface area contributed by atoms with Gasteiger partial charge in [-0.3, -0.25) is 4.79 Å². The first-order valence-corrected chi connectivity index (χ1v) is 5.41. The maximum absolute atomic E-state index is 10.7. The summed E-state index contributed by atoms with van der Waals surface area (Å²) in [6.07, 6.45) is 0.210. The van der Waals surface area contributed by atoms with Gasteiger partial charge in [-0.05, 0) is 37.1 Å². The molecule has 0 bridgehead atoms. The van der Waals surface area contributed by atoms with Gasteiger partial charge in [-0.15, -0.1) is 0 Å². The fraction of sp³-hybridized carbons (Fsp3) is 0.333. The quantitative estimate of drug-likeness (QED) is 0.741. The first-order valence-electron chi connectivity index (χ1n) is 5.41. The van der Waals surface area contributed by atoms with Gasteiger partial charge >= 0.3 is 5.97 Å². The Hall–Kier alpha value is -1.88. The number of nitrogens with zero attached hydrogens (tertiary/aromatic N) is 1. The van der Waals surface area contributed by atoms with Crippen molar-refractivity contribution in [3.05, 3.63) is 29.1 Å². The van der Waals surface area contributed by atoms with Gasteiger partial charge in [0.2, 0.25) is 0 Å². The minimum Gasteiger partial charge on any atom is -0.480 e. The summed E-state index contributed by atoms with van der Waals surface area (Å²) in [7, 11) is 0. The molecule has 0 aliphatic heterocycles. The molecule has 4 N–H and O–H groups in total. The van der Waals surface area contributed by atoms with E-state index in [0.29, 0.717) is 5.82 Å². The highest BCUT2D eigenvalue weighted by Crippen LogP contribution is 2.17. The number of aromatic amines is 1. The number of nitrogens with two attached hydrogens (primary N) is 1. The third kappa shape index (κ3) is 2.29. The van der Waals surface area contributed by atoms with Crippen molar-refractivity contribution < 1.29 is 9.90 Å². The molecule has 90 valence electrons. The van der Waals surface area contributed by atoms with Crippen molar-refractivity contribution >= 4 is 17.0 Å². The van der Waals surface area contributed by atoms with Crippen LogP contribution in [0.5, 0.6) is 0 Å². The van der Waals surface area contributed by atoms with Gasteiger partial charge in [-0.2, -0.15) is 0 Å². The van der Waals surface area contributed by atoms with Crippen LogP contribution in [-0.4, -0.2) is 27.1 Å². The number of H-pyrrole nitrogens is 1. The zero-order valence-electron chi connectivity index (χ0n) is 9.82. The van der Waals surface area contributed by atoms with Gasteiger partial charge in [0.1, 0.15) is 11.9 Å². The predicted octanol–water partition coefficient (Wildman–Crippen LogP) is 1.13. The summed E-state index contributed by atoms with van der Waals surface area (Å²) >= 11 is 0. The molecule has 1 atom stereocenters. The van der Waals surface area contributed by atoms with Crippen molar-refractivity contribution in [2.75, 3.05) is 0 Å². The van der Waals surface area contributed by atoms with Crippen LogP contribution < -0.4 is 5.73 Å². The molecule has 0 saturated heterocycles. The summed E-state index contributed by atoms with van der Waals surface area (Å²) in [5.41, 5.74) is 9.58. The molecule has 5 heteroatoms. The van der Waals surface area contributed by atoms with E-state index in [1.54, 1.807) is 0 Å². The van der Waals surface area contributed by atoms with Crippen LogP contribution in [0.1, 0.15) is 17.0 Å². The smallest absolute Gasteiger partial charge is 0.320 e. The third-order valence-electron chi connectivity index (χ3n) is 2.88. The molecule has 0 radical (unpaired) electrons. The minimum absolute atomic E-state index is 0.210. The number of benzene rings is 1. The van der Waals surface area contributed by atoms with E-state index in [4.69, 9.17) is 10.8 Å². The molecule has 0 unspecified atom stereocenters. The Morgan fingerprint density at radius 2 is 2.12 bits per heavy atom. The Bertz CT molecular complexity index is 535. The van der Waals surface area contributed by atoms with E-state index >= 15 is 0 Å². The summed E-state index contributed by atoms with van der Waals surface area (Å²) in [4.78, 5) is 18.1. The lowest BCUT2D eigenvalue weighted by molar-refractivity contribution is -0.138. The van der Waals surface area contributed by atoms with Crippen molar-refractivity contribution in [1.82, 2.24) is 9.97 Å². The molecule has 0 spiro atoms. The molecule has 0 fully saturated rings. The van der Waals surface area contributed by atoms with Gasteiger partial charge in [-0.1, -0.05) is 0 Å². The third-order valence-corrected chi connectivity index (χ3v) is 2.88. The summed E-state index contributed by atoms with van der Waals surface area (Å²) in [5, 5.41) is 8.74. The first-order chi connectivity index (χ1) is 7.97. The predicted molar refractivity (Wildman–Crippen MR) is 64.9 cm³/mol. The number of carbonyl (C=O) groups is 1. The Morgan fingerprint density at radius 3 is 2.76 bits per heavy atom. The lowest BCUT2D eigenvalue weighted by atomic mass is 10.1. The van der Waals surface area contributed by atoms with E-state index in [1.165, 1.54) is 5.56 Å². The number of hydrogen-bond acceptors (Lipinski definition) is 3. The standard InChI is InChI=1S/C12H15N3O2/c1-6-3-9-10(4-7(6)2)15-11(14-9)5-8(13)12(16)17/h3-4,8H,5,13H2,1-2H3,(H,14,15)(H,16,17)/t8-/m0/s1. The van der Waals surface area contributed by atoms with E-state index in [9.17, 15) is 4.79 Å². The monoisotopic (exact) mass is 233 g/mol. The van der Waals surface area contributed by atoms with Crippen LogP contribution in [0, 0.1) is 13.8 Å². The van der Waals surface area contributed by atoms with Crippen LogP contribution in [0.2, 0.25) is 0 Å². The number of aromatic nitrogens is 2. The summed E-state index contributed by atoms with van der Waals surface area (Å²) in [6.45, 7) is 4.05. The van der Waals surface area contributed by atoms with E-state index in [2.05, 4.69) is 9.97 Å². The number of aliphatic carboxylic acids is 1. The fourth-order valence-electron chi connectivity index (χ4n) is 1.71. The molecule has 0 aliphatic rings. The zero-order chi connectivity index (χ0) is 12.6. The number of nitrogens with one attached hydrogen (secondary N) is 1. The highest BCUT2D eigenvalue weighted by Gasteiger charge is 2.14. The normalized spacial score (nSPS) is 12.9. The maximum atomic E-state index is 10.7. The molecule has 0 saturated carbocycles. The van der Waals surface area contributed by atoms with Crippen LogP contribution in [0.25, 0.3) is 11.0 Å². The lowest BCUT2D eigenvalue weighted by Crippen LogP contribution is -2.32. The largest absolute Gasteiger partial charge is 0.480 e. The summed E-state index contributed by atoms with van der Waals surface area (Å²) < 4.78 is 0. The molecule has 2 aromatic rings. The molecular formula is C12H15N3O2. The molecule has 5 nitrogen and oxygen atoms in total. The number of aryl methyl sites for hydroxylation is 2. The number of carboxylic acid groups (broad SMARTS) is 1. The molecule has 1 aromatic heterocycles. The highest BCUT2D eigenvalue weighted by molar-refractivity contribution is 5.77. The number of hydrogen-bond donors (Lipinski definition) is 3. The zero-order valence-corrected chi connectivity index (χ0v) is 9.82. The van der Waals surface area contributed by atoms with E-state index in [-0.39, 0.29) is 6.42 Å². The number of carboxylic acids is 1. The first kappa shape index (κ1) is 11.6. The van der Waals surface area contributed by atoms with Crippen molar-refractivity contribution in [2.24, 2.45) is 5.73 Å². The number of rotatable bonds is 3. The van der Waals surface area contributed by atoms with Gasteiger partial charge in [0.05, 0.1) is 11.0 Å². The second-order valence-electron chi connectivity index (χ2n) is 4.29.